The molecule has 7 aromatic heterocycles. The van der Waals surface area contributed by atoms with Gasteiger partial charge in [0.15, 0.2) is 5.78 Å². The van der Waals surface area contributed by atoms with E-state index in [0.29, 0.717) is 92.4 Å². The van der Waals surface area contributed by atoms with Crippen LogP contribution in [0.5, 0.6) is 0 Å². The number of amides is 5. The number of nitrogens with one attached hydrogen (secondary N) is 4. The third-order valence-corrected chi connectivity index (χ3v) is 19.5. The summed E-state index contributed by atoms with van der Waals surface area (Å²) in [5, 5.41) is 32.5. The summed E-state index contributed by atoms with van der Waals surface area (Å²) in [6.45, 7) is 10.7. The molecule has 1 aliphatic heterocycles. The average molecular weight is 1310 g/mol. The number of ether oxygens (including phenoxy) is 3. The number of thiazole rings is 6. The normalized spacial score (nSPS) is 16.3. The molecule has 10 bridgehead atoms. The lowest BCUT2D eigenvalue weighted by Crippen LogP contribution is -2.40. The number of nitrogens with zero attached hydrogens (tertiary/aromatic N) is 8. The van der Waals surface area contributed by atoms with E-state index in [1.165, 1.54) is 94.2 Å². The number of benzene rings is 1. The molecule has 4 atom stereocenters. The zero-order valence-electron chi connectivity index (χ0n) is 49.5. The van der Waals surface area contributed by atoms with Crippen molar-refractivity contribution in [2.24, 2.45) is 5.92 Å². The molecule has 0 fully saturated rings. The summed E-state index contributed by atoms with van der Waals surface area (Å²) in [7, 11) is 4.29. The Morgan fingerprint density at radius 1 is 0.750 bits per heavy atom. The van der Waals surface area contributed by atoms with E-state index >= 15 is 0 Å². The topological polar surface area (TPSA) is 309 Å². The summed E-state index contributed by atoms with van der Waals surface area (Å²) in [5.74, 6) is -3.26. The molecule has 5 amide bonds. The molecule has 0 saturated carbocycles. The molecule has 0 spiro atoms. The minimum Gasteiger partial charge on any atom is -0.469 e. The lowest BCUT2D eigenvalue weighted by molar-refractivity contribution is -0.140. The van der Waals surface area contributed by atoms with Crippen molar-refractivity contribution < 1.29 is 52.9 Å². The van der Waals surface area contributed by atoms with Crippen LogP contribution in [0.1, 0.15) is 153 Å². The number of ketones is 1. The number of hydrogen-bond acceptors (Lipinski definition) is 24. The predicted molar refractivity (Wildman–Crippen MR) is 338 cm³/mol. The van der Waals surface area contributed by atoms with E-state index in [1.54, 1.807) is 91.7 Å². The van der Waals surface area contributed by atoms with E-state index in [1.807, 2.05) is 13.8 Å². The third kappa shape index (κ3) is 15.6. The van der Waals surface area contributed by atoms with Crippen LogP contribution in [0.2, 0.25) is 0 Å². The lowest BCUT2D eigenvalue weighted by atomic mass is 9.90. The summed E-state index contributed by atoms with van der Waals surface area (Å²) in [6, 6.07) is 10.3. The molecule has 462 valence electrons. The van der Waals surface area contributed by atoms with Crippen LogP contribution in [0.3, 0.4) is 0 Å². The van der Waals surface area contributed by atoms with Gasteiger partial charge in [0.2, 0.25) is 11.8 Å². The number of pyridine rings is 1. The van der Waals surface area contributed by atoms with Gasteiger partial charge in [-0.2, -0.15) is 0 Å². The van der Waals surface area contributed by atoms with Gasteiger partial charge in [-0.3, -0.25) is 33.7 Å². The number of carbonyl (C=O) groups is 7. The molecular formula is C59H64N12O11S6. The Morgan fingerprint density at radius 2 is 1.45 bits per heavy atom. The van der Waals surface area contributed by atoms with E-state index in [-0.39, 0.29) is 73.1 Å². The van der Waals surface area contributed by atoms with E-state index in [9.17, 15) is 38.7 Å². The number of aryl methyl sites for hydroxylation is 1. The van der Waals surface area contributed by atoms with Crippen molar-refractivity contribution in [2.45, 2.75) is 110 Å². The van der Waals surface area contributed by atoms with E-state index in [2.05, 4.69) is 21.3 Å². The zero-order valence-corrected chi connectivity index (χ0v) is 54.4. The fourth-order valence-corrected chi connectivity index (χ4v) is 14.8. The highest BCUT2D eigenvalue weighted by Gasteiger charge is 2.34. The van der Waals surface area contributed by atoms with Crippen LogP contribution in [0.25, 0.3) is 43.4 Å². The van der Waals surface area contributed by atoms with Crippen LogP contribution < -0.4 is 26.2 Å². The van der Waals surface area contributed by atoms with Crippen molar-refractivity contribution in [3.63, 3.8) is 0 Å². The molecule has 23 nitrogen and oxygen atoms in total. The highest BCUT2D eigenvalue weighted by atomic mass is 32.1. The fraction of sp³-hybridized carbons (Fsp3) is 0.390. The maximum Gasteiger partial charge on any atom is 0.416 e. The van der Waals surface area contributed by atoms with Crippen LogP contribution in [-0.2, 0) is 35.2 Å². The van der Waals surface area contributed by atoms with Crippen LogP contribution >= 0.6 is 68.0 Å². The lowest BCUT2D eigenvalue weighted by Gasteiger charge is -2.26. The number of anilines is 1. The molecule has 0 saturated heterocycles. The van der Waals surface area contributed by atoms with Gasteiger partial charge >= 0.3 is 12.1 Å². The van der Waals surface area contributed by atoms with Crippen LogP contribution in [-0.4, -0.2) is 121 Å². The number of aliphatic hydroxyl groups excluding tert-OH is 1. The summed E-state index contributed by atoms with van der Waals surface area (Å²) < 4.78 is 16.1. The number of Topliss-reactive ketones (excluding diaryl/α,β-unsaturated/α-hetero) is 1. The van der Waals surface area contributed by atoms with Crippen LogP contribution in [0, 0.1) is 12.8 Å². The molecule has 0 radical (unpaired) electrons. The summed E-state index contributed by atoms with van der Waals surface area (Å²) in [4.78, 5) is 132. The number of aromatic nitrogens is 7. The minimum absolute atomic E-state index is 0.0254. The van der Waals surface area contributed by atoms with Gasteiger partial charge in [-0.1, -0.05) is 44.2 Å². The highest BCUT2D eigenvalue weighted by Crippen LogP contribution is 2.41. The molecule has 8 aromatic rings. The Morgan fingerprint density at radius 3 is 2.18 bits per heavy atom. The average Bonchev–Trinajstić information content (AvgIpc) is 2.07. The number of unbranched alkanes of at least 4 members (excludes halogenated alkanes) is 1. The van der Waals surface area contributed by atoms with Gasteiger partial charge in [0.25, 0.3) is 11.8 Å². The van der Waals surface area contributed by atoms with E-state index in [0.717, 1.165) is 0 Å². The Balaban J connectivity index is 1.13. The molecule has 88 heavy (non-hydrogen) atoms. The number of rotatable bonds is 14. The standard InChI is InChI=1S/C59H64N12O11S6/c1-29(2)33-21-39(72)45-30(3)87-56(69-45)35(22-42(73)60-7)63-50(77)37-26-83-52(65-37)32-18-19-34(54-67-41(28-86-54)71(58(79)82-59(4,5)6)20-14-13-17-44(75)81-9)62-46(32)36-25-84-55(64-36)38-27-85-57(66-38)48(49(76)31-15-11-10-12-16-31)68-43(74)23-61-51(78)47-40(24-80-8)88-53(33)70-47/h10-12,15-16,18-19,25-29,33,35,48-49,76H,13-14,17,20-24H2,1-9H3,(H,60,73)(H,61,78)(H,63,77)(H,68,74)/t33?,35-,48-,49-/m0/s1. The smallest absolute Gasteiger partial charge is 0.416 e. The third-order valence-electron chi connectivity index (χ3n) is 13.7. The van der Waals surface area contributed by atoms with Crippen molar-refractivity contribution >= 4 is 115 Å². The molecule has 29 heteroatoms. The first-order valence-corrected chi connectivity index (χ1v) is 33.0. The van der Waals surface area contributed by atoms with Crippen molar-refractivity contribution in [3.05, 3.63) is 111 Å². The first kappa shape index (κ1) is 64.8. The number of carbonyl (C=O) groups excluding carboxylic acids is 7. The Kier molecular flexibility index (Phi) is 21.1. The van der Waals surface area contributed by atoms with Gasteiger partial charge < -0.3 is 40.6 Å². The van der Waals surface area contributed by atoms with Crippen molar-refractivity contribution in [3.8, 4) is 43.4 Å². The molecule has 1 unspecified atom stereocenters. The zero-order chi connectivity index (χ0) is 63.0. The SMILES string of the molecule is CNC(=O)C[C@@H]1NC(=O)c2csc(n2)-c2ccc(-c3nc(N(CCCCC(=O)OC)C(=O)OC(C)(C)C)cs3)nc2-c2csc(n2)-c2csc(n2)[C@H]([C@@H](O)c2ccccc2)NC(=O)CNC(=O)c2nc(sc2COC)C(C(C)C)CC(=O)c2nc1sc2C. The largest absolute Gasteiger partial charge is 0.469 e. The Bertz CT molecular complexity index is 3840. The molecule has 1 aromatic carbocycles. The maximum absolute atomic E-state index is 14.4. The molecule has 5 N–H and O–H groups in total. The molecule has 1 aliphatic rings. The number of aliphatic hydroxyl groups is 1. The van der Waals surface area contributed by atoms with Crippen LogP contribution in [0.4, 0.5) is 10.6 Å². The second kappa shape index (κ2) is 28.7. The summed E-state index contributed by atoms with van der Waals surface area (Å²) in [5.41, 5.74) is 2.00. The number of hydrogen-bond donors (Lipinski definition) is 5. The molecule has 9 rings (SSSR count). The second-order valence-corrected chi connectivity index (χ2v) is 27.4. The van der Waals surface area contributed by atoms with Crippen molar-refractivity contribution in [1.82, 2.24) is 56.2 Å². The monoisotopic (exact) mass is 1310 g/mol. The highest BCUT2D eigenvalue weighted by molar-refractivity contribution is 7.15. The number of fused-ring (bicyclic) bond motifs is 14. The first-order valence-electron chi connectivity index (χ1n) is 27.8. The Hall–Kier alpha value is -7.64. The predicted octanol–water partition coefficient (Wildman–Crippen LogP) is 10.3. The fourth-order valence-electron chi connectivity index (χ4n) is 9.21. The number of esters is 1. The first-order chi connectivity index (χ1) is 42.1. The molecular weight excluding hydrogens is 1250 g/mol. The molecule has 8 heterocycles. The second-order valence-electron chi connectivity index (χ2n) is 21.6. The van der Waals surface area contributed by atoms with Gasteiger partial charge in [0.05, 0.1) is 48.3 Å². The van der Waals surface area contributed by atoms with Crippen LogP contribution in [0.15, 0.2) is 64.0 Å². The quantitative estimate of drug-likeness (QED) is 0.0499. The van der Waals surface area contributed by atoms with Gasteiger partial charge in [-0.25, -0.2) is 39.7 Å². The van der Waals surface area contributed by atoms with Crippen molar-refractivity contribution in [2.75, 3.05) is 39.3 Å². The van der Waals surface area contributed by atoms with Gasteiger partial charge in [0, 0.05) is 71.4 Å². The van der Waals surface area contributed by atoms with Gasteiger partial charge in [-0.15, -0.1) is 68.0 Å². The van der Waals surface area contributed by atoms with E-state index in [4.69, 9.17) is 49.1 Å². The van der Waals surface area contributed by atoms with Crippen molar-refractivity contribution in [1.29, 1.82) is 0 Å². The van der Waals surface area contributed by atoms with Gasteiger partial charge in [0.1, 0.15) is 82.8 Å². The summed E-state index contributed by atoms with van der Waals surface area (Å²) in [6.07, 6.45) is -1.07. The molecule has 0 aliphatic carbocycles. The minimum atomic E-state index is -1.28. The van der Waals surface area contributed by atoms with Gasteiger partial charge in [-0.05, 0) is 64.2 Å². The Labute approximate surface area is 530 Å². The van der Waals surface area contributed by atoms with E-state index < -0.39 is 60.1 Å². The summed E-state index contributed by atoms with van der Waals surface area (Å²) >= 11 is 7.29. The maximum atomic E-state index is 14.4. The number of methoxy groups -OCH3 is 2.